The topological polar surface area (TPSA) is 41.8 Å². The molecule has 1 N–H and O–H groups in total. The van der Waals surface area contributed by atoms with Crippen molar-refractivity contribution in [1.82, 2.24) is 0 Å². The molecule has 0 bridgehead atoms. The number of aromatic hydroxyl groups is 1. The standard InChI is InChI=1S/C14H11Cl2NO2/c1-19-10-5-6-13(18)9(7-10)8-17-12-4-2-3-11(15)14(12)16/h2-8,18H,1H3. The molecule has 0 fully saturated rings. The van der Waals surface area contributed by atoms with E-state index in [-0.39, 0.29) is 5.75 Å². The Labute approximate surface area is 121 Å². The third kappa shape index (κ3) is 3.19. The maximum Gasteiger partial charge on any atom is 0.124 e. The molecule has 0 aliphatic heterocycles. The van der Waals surface area contributed by atoms with Crippen LogP contribution in [0.25, 0.3) is 0 Å². The van der Waals surface area contributed by atoms with Crippen molar-refractivity contribution in [2.45, 2.75) is 0 Å². The average Bonchev–Trinajstić information content (AvgIpc) is 2.42. The minimum Gasteiger partial charge on any atom is -0.507 e. The number of nitrogens with zero attached hydrogens (tertiary/aromatic N) is 1. The van der Waals surface area contributed by atoms with Gasteiger partial charge < -0.3 is 9.84 Å². The fraction of sp³-hybridized carbons (Fsp3) is 0.0714. The molecular weight excluding hydrogens is 285 g/mol. The number of phenols is 1. The Morgan fingerprint density at radius 2 is 2.00 bits per heavy atom. The number of hydrogen-bond donors (Lipinski definition) is 1. The molecule has 0 heterocycles. The molecule has 0 saturated carbocycles. The molecule has 98 valence electrons. The van der Waals surface area contributed by atoms with E-state index in [4.69, 9.17) is 27.9 Å². The summed E-state index contributed by atoms with van der Waals surface area (Å²) in [6.07, 6.45) is 1.51. The normalized spacial score (nSPS) is 10.9. The molecule has 0 aliphatic carbocycles. The molecule has 0 spiro atoms. The smallest absolute Gasteiger partial charge is 0.124 e. The Bertz CT molecular complexity index is 627. The fourth-order valence-corrected chi connectivity index (χ4v) is 1.84. The van der Waals surface area contributed by atoms with Crippen molar-refractivity contribution in [1.29, 1.82) is 0 Å². The molecule has 0 aromatic heterocycles. The van der Waals surface area contributed by atoms with E-state index in [9.17, 15) is 5.11 Å². The zero-order chi connectivity index (χ0) is 13.8. The second-order valence-corrected chi connectivity index (χ2v) is 4.54. The minimum atomic E-state index is 0.114. The molecule has 19 heavy (non-hydrogen) atoms. The third-order valence-electron chi connectivity index (χ3n) is 2.51. The van der Waals surface area contributed by atoms with Gasteiger partial charge in [-0.3, -0.25) is 4.99 Å². The summed E-state index contributed by atoms with van der Waals surface area (Å²) < 4.78 is 5.08. The summed E-state index contributed by atoms with van der Waals surface area (Å²) in [4.78, 5) is 4.22. The van der Waals surface area contributed by atoms with Crippen molar-refractivity contribution in [3.63, 3.8) is 0 Å². The van der Waals surface area contributed by atoms with Crippen molar-refractivity contribution in [3.8, 4) is 11.5 Å². The second-order valence-electron chi connectivity index (χ2n) is 3.76. The number of aliphatic imine (C=N–C) groups is 1. The van der Waals surface area contributed by atoms with Gasteiger partial charge in [0.05, 0.1) is 22.8 Å². The van der Waals surface area contributed by atoms with E-state index in [0.29, 0.717) is 27.0 Å². The molecule has 2 aromatic rings. The lowest BCUT2D eigenvalue weighted by molar-refractivity contribution is 0.412. The number of methoxy groups -OCH3 is 1. The number of rotatable bonds is 3. The first-order chi connectivity index (χ1) is 9.11. The van der Waals surface area contributed by atoms with Crippen LogP contribution in [0.15, 0.2) is 41.4 Å². The van der Waals surface area contributed by atoms with Crippen LogP contribution in [0.1, 0.15) is 5.56 Å². The van der Waals surface area contributed by atoms with Crippen LogP contribution in [-0.4, -0.2) is 18.4 Å². The predicted molar refractivity (Wildman–Crippen MR) is 78.4 cm³/mol. The Balaban J connectivity index is 2.35. The summed E-state index contributed by atoms with van der Waals surface area (Å²) in [5, 5.41) is 10.5. The molecule has 2 aromatic carbocycles. The van der Waals surface area contributed by atoms with Crippen molar-refractivity contribution < 1.29 is 9.84 Å². The summed E-state index contributed by atoms with van der Waals surface area (Å²) in [7, 11) is 1.56. The van der Waals surface area contributed by atoms with Gasteiger partial charge in [-0.15, -0.1) is 0 Å². The van der Waals surface area contributed by atoms with Gasteiger partial charge in [0.2, 0.25) is 0 Å². The Morgan fingerprint density at radius 1 is 1.21 bits per heavy atom. The molecule has 5 heteroatoms. The van der Waals surface area contributed by atoms with Gasteiger partial charge in [-0.05, 0) is 30.3 Å². The highest BCUT2D eigenvalue weighted by Gasteiger charge is 2.04. The average molecular weight is 296 g/mol. The highest BCUT2D eigenvalue weighted by Crippen LogP contribution is 2.32. The molecule has 0 aliphatic rings. The second kappa shape index (κ2) is 5.95. The molecule has 2 rings (SSSR count). The zero-order valence-electron chi connectivity index (χ0n) is 10.1. The van der Waals surface area contributed by atoms with Crippen molar-refractivity contribution >= 4 is 35.1 Å². The van der Waals surface area contributed by atoms with Crippen LogP contribution in [0, 0.1) is 0 Å². The lowest BCUT2D eigenvalue weighted by Gasteiger charge is -2.03. The first-order valence-electron chi connectivity index (χ1n) is 5.47. The monoisotopic (exact) mass is 295 g/mol. The first-order valence-corrected chi connectivity index (χ1v) is 6.22. The summed E-state index contributed by atoms with van der Waals surface area (Å²) in [5.41, 5.74) is 1.08. The maximum atomic E-state index is 9.73. The number of ether oxygens (including phenoxy) is 1. The highest BCUT2D eigenvalue weighted by atomic mass is 35.5. The van der Waals surface area contributed by atoms with Crippen LogP contribution < -0.4 is 4.74 Å². The highest BCUT2D eigenvalue weighted by molar-refractivity contribution is 6.43. The minimum absolute atomic E-state index is 0.114. The molecule has 0 radical (unpaired) electrons. The van der Waals surface area contributed by atoms with Crippen molar-refractivity contribution in [3.05, 3.63) is 52.0 Å². The van der Waals surface area contributed by atoms with Gasteiger partial charge in [0.1, 0.15) is 11.5 Å². The van der Waals surface area contributed by atoms with E-state index < -0.39 is 0 Å². The summed E-state index contributed by atoms with van der Waals surface area (Å²) >= 11 is 11.9. The van der Waals surface area contributed by atoms with E-state index in [2.05, 4.69) is 4.99 Å². The van der Waals surface area contributed by atoms with Gasteiger partial charge in [0, 0.05) is 11.8 Å². The number of phenolic OH excluding ortho intramolecular Hbond substituents is 1. The van der Waals surface area contributed by atoms with E-state index in [1.165, 1.54) is 6.21 Å². The van der Waals surface area contributed by atoms with E-state index >= 15 is 0 Å². The van der Waals surface area contributed by atoms with Crippen LogP contribution in [-0.2, 0) is 0 Å². The number of hydrogen-bond acceptors (Lipinski definition) is 3. The van der Waals surface area contributed by atoms with Crippen LogP contribution >= 0.6 is 23.2 Å². The van der Waals surface area contributed by atoms with Crippen LogP contribution in [0.2, 0.25) is 10.0 Å². The Kier molecular flexibility index (Phi) is 4.30. The number of halogens is 2. The van der Waals surface area contributed by atoms with Crippen LogP contribution in [0.3, 0.4) is 0 Å². The quantitative estimate of drug-likeness (QED) is 0.850. The molecular formula is C14H11Cl2NO2. The Morgan fingerprint density at radius 3 is 2.74 bits per heavy atom. The fourth-order valence-electron chi connectivity index (χ4n) is 1.49. The molecule has 0 saturated heterocycles. The van der Waals surface area contributed by atoms with Gasteiger partial charge in [-0.1, -0.05) is 29.3 Å². The van der Waals surface area contributed by atoms with Crippen LogP contribution in [0.5, 0.6) is 11.5 Å². The summed E-state index contributed by atoms with van der Waals surface area (Å²) in [6.45, 7) is 0. The van der Waals surface area contributed by atoms with E-state index in [1.807, 2.05) is 0 Å². The van der Waals surface area contributed by atoms with Crippen LogP contribution in [0.4, 0.5) is 5.69 Å². The van der Waals surface area contributed by atoms with Gasteiger partial charge in [0.15, 0.2) is 0 Å². The van der Waals surface area contributed by atoms with Gasteiger partial charge in [-0.2, -0.15) is 0 Å². The lowest BCUT2D eigenvalue weighted by atomic mass is 10.2. The van der Waals surface area contributed by atoms with Gasteiger partial charge in [-0.25, -0.2) is 0 Å². The zero-order valence-corrected chi connectivity index (χ0v) is 11.6. The first kappa shape index (κ1) is 13.7. The Hall–Kier alpha value is -1.71. The van der Waals surface area contributed by atoms with E-state index in [1.54, 1.807) is 43.5 Å². The molecule has 0 unspecified atom stereocenters. The predicted octanol–water partition coefficient (Wildman–Crippen LogP) is 4.46. The summed E-state index contributed by atoms with van der Waals surface area (Å²) in [5.74, 6) is 0.749. The molecule has 0 amide bonds. The lowest BCUT2D eigenvalue weighted by Crippen LogP contribution is -1.87. The van der Waals surface area contributed by atoms with Crippen molar-refractivity contribution in [2.24, 2.45) is 4.99 Å². The van der Waals surface area contributed by atoms with Gasteiger partial charge in [0.25, 0.3) is 0 Å². The molecule has 3 nitrogen and oxygen atoms in total. The number of benzene rings is 2. The van der Waals surface area contributed by atoms with Gasteiger partial charge >= 0.3 is 0 Å². The van der Waals surface area contributed by atoms with Crippen molar-refractivity contribution in [2.75, 3.05) is 7.11 Å². The largest absolute Gasteiger partial charge is 0.507 e. The van der Waals surface area contributed by atoms with E-state index in [0.717, 1.165) is 0 Å². The summed E-state index contributed by atoms with van der Waals surface area (Å²) in [6, 6.07) is 10.1. The third-order valence-corrected chi connectivity index (χ3v) is 3.32. The SMILES string of the molecule is COc1ccc(O)c(C=Nc2cccc(Cl)c2Cl)c1. The maximum absolute atomic E-state index is 9.73. The molecule has 0 atom stereocenters.